The first-order valence-electron chi connectivity index (χ1n) is 6.28. The molecule has 1 aromatic heterocycles. The van der Waals surface area contributed by atoms with Gasteiger partial charge in [-0.2, -0.15) is 10.2 Å². The molecule has 5 nitrogen and oxygen atoms in total. The maximum atomic E-state index is 11.4. The number of benzene rings is 1. The van der Waals surface area contributed by atoms with Crippen molar-refractivity contribution >= 4 is 17.3 Å². The second-order valence-electron chi connectivity index (χ2n) is 4.48. The zero-order chi connectivity index (χ0) is 14.4. The molecule has 0 aliphatic carbocycles. The van der Waals surface area contributed by atoms with Gasteiger partial charge in [-0.05, 0) is 36.4 Å². The van der Waals surface area contributed by atoms with Crippen LogP contribution in [0.3, 0.4) is 0 Å². The van der Waals surface area contributed by atoms with Gasteiger partial charge < -0.3 is 4.74 Å². The van der Waals surface area contributed by atoms with Gasteiger partial charge in [-0.15, -0.1) is 0 Å². The number of nitrogens with zero attached hydrogens (tertiary/aromatic N) is 3. The Morgan fingerprint density at radius 2 is 1.55 bits per heavy atom. The number of carbonyl (C=O) groups excluding carboxylic acids is 1. The van der Waals surface area contributed by atoms with Crippen LogP contribution in [0.25, 0.3) is 0 Å². The SMILES string of the molecule is CC(C)C(=O)Oc1ccc(N=Nc2ccncc2)cc1. The Balaban J connectivity index is 2.02. The topological polar surface area (TPSA) is 63.9 Å². The third kappa shape index (κ3) is 3.98. The molecule has 0 saturated carbocycles. The van der Waals surface area contributed by atoms with Crippen LogP contribution in [-0.4, -0.2) is 11.0 Å². The first kappa shape index (κ1) is 13.9. The van der Waals surface area contributed by atoms with Crippen LogP contribution in [0, 0.1) is 5.92 Å². The molecule has 0 aliphatic rings. The molecule has 0 amide bonds. The fraction of sp³-hybridized carbons (Fsp3) is 0.200. The van der Waals surface area contributed by atoms with Gasteiger partial charge in [0.05, 0.1) is 17.3 Å². The lowest BCUT2D eigenvalue weighted by atomic mass is 10.2. The molecule has 1 aromatic carbocycles. The molecule has 2 rings (SSSR count). The predicted octanol–water partition coefficient (Wildman–Crippen LogP) is 4.06. The molecule has 2 aromatic rings. The third-order valence-corrected chi connectivity index (χ3v) is 2.47. The second kappa shape index (κ2) is 6.56. The van der Waals surface area contributed by atoms with Crippen LogP contribution in [0.1, 0.15) is 13.8 Å². The molecule has 0 aliphatic heterocycles. The molecule has 0 atom stereocenters. The number of azo groups is 1. The van der Waals surface area contributed by atoms with E-state index in [-0.39, 0.29) is 11.9 Å². The van der Waals surface area contributed by atoms with E-state index in [0.717, 1.165) is 5.69 Å². The highest BCUT2D eigenvalue weighted by atomic mass is 16.5. The normalized spacial score (nSPS) is 10.9. The first-order valence-corrected chi connectivity index (χ1v) is 6.28. The summed E-state index contributed by atoms with van der Waals surface area (Å²) in [6.07, 6.45) is 3.31. The lowest BCUT2D eigenvalue weighted by molar-refractivity contribution is -0.137. The molecule has 0 N–H and O–H groups in total. The van der Waals surface area contributed by atoms with E-state index in [2.05, 4.69) is 15.2 Å². The van der Waals surface area contributed by atoms with E-state index in [0.29, 0.717) is 11.4 Å². The lowest BCUT2D eigenvalue weighted by Gasteiger charge is -2.06. The molecule has 1 heterocycles. The summed E-state index contributed by atoms with van der Waals surface area (Å²) in [5.74, 6) is 0.101. The van der Waals surface area contributed by atoms with Gasteiger partial charge >= 0.3 is 5.97 Å². The van der Waals surface area contributed by atoms with Gasteiger partial charge in [-0.3, -0.25) is 9.78 Å². The second-order valence-corrected chi connectivity index (χ2v) is 4.48. The van der Waals surface area contributed by atoms with E-state index >= 15 is 0 Å². The summed E-state index contributed by atoms with van der Waals surface area (Å²) in [5, 5.41) is 8.16. The fourth-order valence-electron chi connectivity index (χ4n) is 1.34. The van der Waals surface area contributed by atoms with Crippen molar-refractivity contribution in [3.05, 3.63) is 48.8 Å². The summed E-state index contributed by atoms with van der Waals surface area (Å²) in [6, 6.07) is 10.4. The summed E-state index contributed by atoms with van der Waals surface area (Å²) in [6.45, 7) is 3.58. The van der Waals surface area contributed by atoms with Crippen molar-refractivity contribution in [2.75, 3.05) is 0 Å². The number of rotatable bonds is 4. The minimum Gasteiger partial charge on any atom is -0.426 e. The average molecular weight is 269 g/mol. The molecule has 0 unspecified atom stereocenters. The molecule has 20 heavy (non-hydrogen) atoms. The molecule has 0 fully saturated rings. The summed E-state index contributed by atoms with van der Waals surface area (Å²) in [4.78, 5) is 15.3. The van der Waals surface area contributed by atoms with E-state index in [9.17, 15) is 4.79 Å². The number of esters is 1. The van der Waals surface area contributed by atoms with Crippen molar-refractivity contribution < 1.29 is 9.53 Å². The Bertz CT molecular complexity index is 592. The number of ether oxygens (including phenoxy) is 1. The van der Waals surface area contributed by atoms with Crippen molar-refractivity contribution in [3.8, 4) is 5.75 Å². The summed E-state index contributed by atoms with van der Waals surface area (Å²) >= 11 is 0. The van der Waals surface area contributed by atoms with Crippen LogP contribution in [0.2, 0.25) is 0 Å². The number of aromatic nitrogens is 1. The van der Waals surface area contributed by atoms with Gasteiger partial charge in [-0.25, -0.2) is 0 Å². The number of carbonyl (C=O) groups is 1. The van der Waals surface area contributed by atoms with Gasteiger partial charge in [0.1, 0.15) is 5.75 Å². The Hall–Kier alpha value is -2.56. The summed E-state index contributed by atoms with van der Waals surface area (Å²) in [5.41, 5.74) is 1.42. The van der Waals surface area contributed by atoms with Gasteiger partial charge in [0, 0.05) is 12.4 Å². The van der Waals surface area contributed by atoms with Crippen molar-refractivity contribution in [2.45, 2.75) is 13.8 Å². The highest BCUT2D eigenvalue weighted by Crippen LogP contribution is 2.21. The quantitative estimate of drug-likeness (QED) is 0.477. The summed E-state index contributed by atoms with van der Waals surface area (Å²) < 4.78 is 5.17. The van der Waals surface area contributed by atoms with Crippen LogP contribution in [0.5, 0.6) is 5.75 Å². The minimum atomic E-state index is -0.254. The highest BCUT2D eigenvalue weighted by Gasteiger charge is 2.09. The molecule has 0 saturated heterocycles. The Labute approximate surface area is 117 Å². The number of hydrogen-bond donors (Lipinski definition) is 0. The van der Waals surface area contributed by atoms with E-state index in [4.69, 9.17) is 4.74 Å². The zero-order valence-electron chi connectivity index (χ0n) is 11.4. The van der Waals surface area contributed by atoms with E-state index in [1.54, 1.807) is 62.6 Å². The Morgan fingerprint density at radius 1 is 1.00 bits per heavy atom. The molecular weight excluding hydrogens is 254 g/mol. The predicted molar refractivity (Wildman–Crippen MR) is 75.3 cm³/mol. The molecule has 0 radical (unpaired) electrons. The standard InChI is InChI=1S/C15H15N3O2/c1-11(2)15(19)20-14-5-3-12(4-6-14)17-18-13-7-9-16-10-8-13/h3-11H,1-2H3. The van der Waals surface area contributed by atoms with Crippen LogP contribution >= 0.6 is 0 Å². The minimum absolute atomic E-state index is 0.152. The van der Waals surface area contributed by atoms with Crippen LogP contribution in [0.4, 0.5) is 11.4 Å². The molecular formula is C15H15N3O2. The van der Waals surface area contributed by atoms with Crippen LogP contribution < -0.4 is 4.74 Å². The van der Waals surface area contributed by atoms with Crippen molar-refractivity contribution in [1.29, 1.82) is 0 Å². The molecule has 102 valence electrons. The largest absolute Gasteiger partial charge is 0.426 e. The van der Waals surface area contributed by atoms with Crippen molar-refractivity contribution in [1.82, 2.24) is 4.98 Å². The monoisotopic (exact) mass is 269 g/mol. The zero-order valence-corrected chi connectivity index (χ0v) is 11.4. The third-order valence-electron chi connectivity index (χ3n) is 2.47. The summed E-state index contributed by atoms with van der Waals surface area (Å²) in [7, 11) is 0. The highest BCUT2D eigenvalue weighted by molar-refractivity contribution is 5.74. The average Bonchev–Trinajstić information content (AvgIpc) is 2.47. The lowest BCUT2D eigenvalue weighted by Crippen LogP contribution is -2.14. The first-order chi connectivity index (χ1) is 9.65. The molecule has 5 heteroatoms. The maximum absolute atomic E-state index is 11.4. The number of pyridine rings is 1. The van der Waals surface area contributed by atoms with Gasteiger partial charge in [-0.1, -0.05) is 13.8 Å². The van der Waals surface area contributed by atoms with Gasteiger partial charge in [0.2, 0.25) is 0 Å². The van der Waals surface area contributed by atoms with Crippen molar-refractivity contribution in [2.24, 2.45) is 16.1 Å². The van der Waals surface area contributed by atoms with Gasteiger partial charge in [0.15, 0.2) is 0 Å². The van der Waals surface area contributed by atoms with Crippen LogP contribution in [0.15, 0.2) is 59.0 Å². The Morgan fingerprint density at radius 3 is 2.10 bits per heavy atom. The fourth-order valence-corrected chi connectivity index (χ4v) is 1.34. The maximum Gasteiger partial charge on any atom is 0.313 e. The van der Waals surface area contributed by atoms with E-state index < -0.39 is 0 Å². The molecule has 0 spiro atoms. The van der Waals surface area contributed by atoms with Gasteiger partial charge in [0.25, 0.3) is 0 Å². The Kier molecular flexibility index (Phi) is 4.55. The smallest absolute Gasteiger partial charge is 0.313 e. The van der Waals surface area contributed by atoms with E-state index in [1.165, 1.54) is 0 Å². The van der Waals surface area contributed by atoms with E-state index in [1.807, 2.05) is 0 Å². The van der Waals surface area contributed by atoms with Crippen LogP contribution in [-0.2, 0) is 4.79 Å². The molecule has 0 bridgehead atoms. The number of hydrogen-bond acceptors (Lipinski definition) is 5. The van der Waals surface area contributed by atoms with Crippen molar-refractivity contribution in [3.63, 3.8) is 0 Å².